The van der Waals surface area contributed by atoms with Crippen molar-refractivity contribution in [2.75, 3.05) is 5.32 Å². The van der Waals surface area contributed by atoms with Crippen LogP contribution in [0, 0.1) is 5.82 Å². The largest absolute Gasteiger partial charge is 0.321 e. The predicted octanol–water partition coefficient (Wildman–Crippen LogP) is 4.78. The van der Waals surface area contributed by atoms with E-state index in [2.05, 4.69) is 33.9 Å². The fraction of sp³-hybridized carbons (Fsp3) is 0. The van der Waals surface area contributed by atoms with Crippen LogP contribution in [0.25, 0.3) is 0 Å². The lowest BCUT2D eigenvalue weighted by Crippen LogP contribution is -2.12. The number of hydrogen-bond acceptors (Lipinski definition) is 2. The minimum atomic E-state index is -0.472. The molecule has 0 unspecified atom stereocenters. The zero-order valence-electron chi connectivity index (χ0n) is 9.45. The molecule has 98 valence electrons. The van der Waals surface area contributed by atoms with E-state index in [9.17, 15) is 9.18 Å². The van der Waals surface area contributed by atoms with Crippen LogP contribution in [-0.4, -0.2) is 5.91 Å². The van der Waals surface area contributed by atoms with Crippen LogP contribution in [0.4, 0.5) is 10.1 Å². The minimum Gasteiger partial charge on any atom is -0.321 e. The molecule has 0 saturated heterocycles. The van der Waals surface area contributed by atoms with Crippen LogP contribution in [0.5, 0.6) is 0 Å². The summed E-state index contributed by atoms with van der Waals surface area (Å²) in [7, 11) is 0. The fourth-order valence-corrected chi connectivity index (χ4v) is 2.18. The Labute approximate surface area is 128 Å². The van der Waals surface area contributed by atoms with Gasteiger partial charge in [-0.05, 0) is 36.4 Å². The number of anilines is 1. The van der Waals surface area contributed by atoms with Crippen molar-refractivity contribution in [3.8, 4) is 0 Å². The molecule has 1 amide bonds. The average molecular weight is 361 g/mol. The van der Waals surface area contributed by atoms with Crippen molar-refractivity contribution in [2.24, 2.45) is 0 Å². The van der Waals surface area contributed by atoms with E-state index in [0.717, 1.165) is 4.47 Å². The summed E-state index contributed by atoms with van der Waals surface area (Å²) in [6.07, 6.45) is 0. The Morgan fingerprint density at radius 1 is 1.26 bits per heavy atom. The zero-order chi connectivity index (χ0) is 14.0. The second-order valence-corrected chi connectivity index (χ2v) is 5.55. The van der Waals surface area contributed by atoms with Crippen LogP contribution in [0.1, 0.15) is 10.4 Å². The van der Waals surface area contributed by atoms with Gasteiger partial charge in [-0.3, -0.25) is 4.79 Å². The van der Waals surface area contributed by atoms with Gasteiger partial charge in [-0.15, -0.1) is 12.6 Å². The van der Waals surface area contributed by atoms with Gasteiger partial charge < -0.3 is 5.32 Å². The van der Waals surface area contributed by atoms with Crippen LogP contribution < -0.4 is 5.32 Å². The SMILES string of the molecule is O=C(Nc1cc(Br)ccc1Cl)c1ccc(F)c(S)c1. The minimum absolute atomic E-state index is 0.119. The monoisotopic (exact) mass is 359 g/mol. The number of benzene rings is 2. The van der Waals surface area contributed by atoms with Crippen LogP contribution >= 0.6 is 40.2 Å². The Balaban J connectivity index is 2.25. The van der Waals surface area contributed by atoms with Gasteiger partial charge in [0.05, 0.1) is 10.7 Å². The normalized spacial score (nSPS) is 10.3. The molecule has 19 heavy (non-hydrogen) atoms. The van der Waals surface area contributed by atoms with E-state index < -0.39 is 5.82 Å². The summed E-state index contributed by atoms with van der Waals surface area (Å²) < 4.78 is 13.9. The Morgan fingerprint density at radius 2 is 2.00 bits per heavy atom. The Morgan fingerprint density at radius 3 is 2.68 bits per heavy atom. The number of nitrogens with one attached hydrogen (secondary N) is 1. The summed E-state index contributed by atoms with van der Waals surface area (Å²) in [6.45, 7) is 0. The lowest BCUT2D eigenvalue weighted by atomic mass is 10.2. The first-order valence-corrected chi connectivity index (χ1v) is 6.84. The molecule has 0 fully saturated rings. The molecule has 2 nitrogen and oxygen atoms in total. The van der Waals surface area contributed by atoms with Crippen molar-refractivity contribution >= 4 is 51.8 Å². The number of thiol groups is 1. The van der Waals surface area contributed by atoms with Gasteiger partial charge in [0.15, 0.2) is 0 Å². The number of halogens is 3. The first-order valence-electron chi connectivity index (χ1n) is 5.22. The van der Waals surface area contributed by atoms with E-state index in [4.69, 9.17) is 11.6 Å². The lowest BCUT2D eigenvalue weighted by molar-refractivity contribution is 0.102. The van der Waals surface area contributed by atoms with Gasteiger partial charge >= 0.3 is 0 Å². The van der Waals surface area contributed by atoms with Crippen molar-refractivity contribution in [3.63, 3.8) is 0 Å². The molecule has 2 aromatic carbocycles. The van der Waals surface area contributed by atoms with E-state index in [1.807, 2.05) is 0 Å². The van der Waals surface area contributed by atoms with E-state index in [-0.39, 0.29) is 10.8 Å². The van der Waals surface area contributed by atoms with E-state index in [0.29, 0.717) is 16.3 Å². The first kappa shape index (κ1) is 14.4. The van der Waals surface area contributed by atoms with E-state index >= 15 is 0 Å². The van der Waals surface area contributed by atoms with Gasteiger partial charge in [-0.25, -0.2) is 4.39 Å². The van der Waals surface area contributed by atoms with Gasteiger partial charge in [0.1, 0.15) is 5.82 Å². The van der Waals surface area contributed by atoms with Gasteiger partial charge in [0.2, 0.25) is 0 Å². The van der Waals surface area contributed by atoms with Crippen molar-refractivity contribution in [1.29, 1.82) is 0 Å². The highest BCUT2D eigenvalue weighted by atomic mass is 79.9. The molecule has 0 aliphatic heterocycles. The Kier molecular flexibility index (Phi) is 4.50. The predicted molar refractivity (Wildman–Crippen MR) is 80.8 cm³/mol. The Bertz CT molecular complexity index is 651. The maximum Gasteiger partial charge on any atom is 0.255 e. The molecular formula is C13H8BrClFNOS. The number of carbonyl (C=O) groups excluding carboxylic acids is 1. The molecule has 0 aromatic heterocycles. The molecule has 0 saturated carbocycles. The number of hydrogen-bond donors (Lipinski definition) is 2. The molecular weight excluding hydrogens is 353 g/mol. The lowest BCUT2D eigenvalue weighted by Gasteiger charge is -2.08. The molecule has 0 radical (unpaired) electrons. The summed E-state index contributed by atoms with van der Waals surface area (Å²) >= 11 is 13.2. The summed E-state index contributed by atoms with van der Waals surface area (Å²) in [5.74, 6) is -0.851. The molecule has 0 spiro atoms. The van der Waals surface area contributed by atoms with Gasteiger partial charge in [-0.2, -0.15) is 0 Å². The van der Waals surface area contributed by atoms with Crippen molar-refractivity contribution in [3.05, 3.63) is 57.3 Å². The topological polar surface area (TPSA) is 29.1 Å². The second-order valence-electron chi connectivity index (χ2n) is 3.74. The van der Waals surface area contributed by atoms with Crippen LogP contribution in [0.3, 0.4) is 0 Å². The Hall–Kier alpha value is -1.04. The molecule has 0 bridgehead atoms. The highest BCUT2D eigenvalue weighted by Gasteiger charge is 2.10. The van der Waals surface area contributed by atoms with Gasteiger partial charge in [-0.1, -0.05) is 27.5 Å². The summed E-state index contributed by atoms with van der Waals surface area (Å²) in [6, 6.07) is 9.05. The van der Waals surface area contributed by atoms with Crippen LogP contribution in [0.2, 0.25) is 5.02 Å². The number of amides is 1. The molecule has 2 aromatic rings. The number of carbonyl (C=O) groups is 1. The summed E-state index contributed by atoms with van der Waals surface area (Å²) in [4.78, 5) is 12.1. The second kappa shape index (κ2) is 5.94. The molecule has 6 heteroatoms. The maximum absolute atomic E-state index is 13.1. The molecule has 0 heterocycles. The van der Waals surface area contributed by atoms with Crippen LogP contribution in [-0.2, 0) is 0 Å². The van der Waals surface area contributed by atoms with E-state index in [1.54, 1.807) is 18.2 Å². The number of rotatable bonds is 2. The highest BCUT2D eigenvalue weighted by Crippen LogP contribution is 2.26. The van der Waals surface area contributed by atoms with Gasteiger partial charge in [0.25, 0.3) is 5.91 Å². The molecule has 1 N–H and O–H groups in total. The van der Waals surface area contributed by atoms with E-state index in [1.165, 1.54) is 18.2 Å². The third-order valence-corrected chi connectivity index (χ3v) is 3.55. The standard InChI is InChI=1S/C13H8BrClFNOS/c14-8-2-3-9(15)11(6-8)17-13(18)7-1-4-10(16)12(19)5-7/h1-6,19H,(H,17,18). The van der Waals surface area contributed by atoms with Crippen molar-refractivity contribution in [1.82, 2.24) is 0 Å². The smallest absolute Gasteiger partial charge is 0.255 e. The average Bonchev–Trinajstić information content (AvgIpc) is 2.37. The first-order chi connectivity index (χ1) is 8.97. The van der Waals surface area contributed by atoms with Gasteiger partial charge in [0, 0.05) is 14.9 Å². The van der Waals surface area contributed by atoms with Crippen molar-refractivity contribution in [2.45, 2.75) is 4.90 Å². The third-order valence-electron chi connectivity index (χ3n) is 2.38. The highest BCUT2D eigenvalue weighted by molar-refractivity contribution is 9.10. The fourth-order valence-electron chi connectivity index (χ4n) is 1.44. The molecule has 2 rings (SSSR count). The zero-order valence-corrected chi connectivity index (χ0v) is 12.7. The van der Waals surface area contributed by atoms with Crippen LogP contribution in [0.15, 0.2) is 45.8 Å². The molecule has 0 aliphatic carbocycles. The maximum atomic E-state index is 13.1. The molecule has 0 atom stereocenters. The quantitative estimate of drug-likeness (QED) is 0.741. The summed E-state index contributed by atoms with van der Waals surface area (Å²) in [5, 5.41) is 3.08. The molecule has 0 aliphatic rings. The third kappa shape index (κ3) is 3.49. The van der Waals surface area contributed by atoms with Crippen molar-refractivity contribution < 1.29 is 9.18 Å². The summed E-state index contributed by atoms with van der Waals surface area (Å²) in [5.41, 5.74) is 0.786.